The van der Waals surface area contributed by atoms with Gasteiger partial charge in [-0.25, -0.2) is 0 Å². The standard InChI is InChI=1S/C13H20BrN3OS/c1-3-11-13(14)12(17(2)16-11)7-10(18)6-9-8-19-5-4-15-9/h9,15H,3-8H2,1-2H3. The molecule has 2 rings (SSSR count). The number of ketones is 1. The molecule has 1 aliphatic rings. The van der Waals surface area contributed by atoms with Crippen molar-refractivity contribution in [3.8, 4) is 0 Å². The molecule has 106 valence electrons. The zero-order valence-electron chi connectivity index (χ0n) is 11.4. The lowest BCUT2D eigenvalue weighted by Crippen LogP contribution is -2.39. The van der Waals surface area contributed by atoms with Crippen LogP contribution >= 0.6 is 27.7 Å². The highest BCUT2D eigenvalue weighted by molar-refractivity contribution is 9.10. The summed E-state index contributed by atoms with van der Waals surface area (Å²) in [6.45, 7) is 3.08. The van der Waals surface area contributed by atoms with Crippen LogP contribution in [0.1, 0.15) is 24.7 Å². The second kappa shape index (κ2) is 6.90. The molecule has 0 bridgehead atoms. The van der Waals surface area contributed by atoms with E-state index in [0.29, 0.717) is 18.9 Å². The Kier molecular flexibility index (Phi) is 5.47. The molecule has 1 N–H and O–H groups in total. The van der Waals surface area contributed by atoms with Gasteiger partial charge in [-0.05, 0) is 22.4 Å². The van der Waals surface area contributed by atoms with E-state index in [1.54, 1.807) is 0 Å². The lowest BCUT2D eigenvalue weighted by molar-refractivity contribution is -0.118. The summed E-state index contributed by atoms with van der Waals surface area (Å²) in [7, 11) is 1.90. The molecule has 19 heavy (non-hydrogen) atoms. The van der Waals surface area contributed by atoms with Crippen LogP contribution in [0, 0.1) is 0 Å². The van der Waals surface area contributed by atoms with Crippen molar-refractivity contribution in [2.45, 2.75) is 32.2 Å². The van der Waals surface area contributed by atoms with Crippen molar-refractivity contribution < 1.29 is 4.79 Å². The van der Waals surface area contributed by atoms with E-state index in [4.69, 9.17) is 0 Å². The summed E-state index contributed by atoms with van der Waals surface area (Å²) >= 11 is 5.48. The number of hydrogen-bond acceptors (Lipinski definition) is 4. The molecule has 0 radical (unpaired) electrons. The topological polar surface area (TPSA) is 46.9 Å². The van der Waals surface area contributed by atoms with Crippen molar-refractivity contribution in [3.05, 3.63) is 15.9 Å². The zero-order chi connectivity index (χ0) is 13.8. The molecule has 6 heteroatoms. The fraction of sp³-hybridized carbons (Fsp3) is 0.692. The number of aromatic nitrogens is 2. The van der Waals surface area contributed by atoms with Crippen LogP contribution in [0.3, 0.4) is 0 Å². The van der Waals surface area contributed by atoms with E-state index < -0.39 is 0 Å². The summed E-state index contributed by atoms with van der Waals surface area (Å²) < 4.78 is 2.82. The van der Waals surface area contributed by atoms with E-state index in [1.165, 1.54) is 0 Å². The van der Waals surface area contributed by atoms with E-state index in [2.05, 4.69) is 33.3 Å². The van der Waals surface area contributed by atoms with Crippen molar-refractivity contribution in [1.82, 2.24) is 15.1 Å². The lowest BCUT2D eigenvalue weighted by Gasteiger charge is -2.22. The number of hydrogen-bond donors (Lipinski definition) is 1. The summed E-state index contributed by atoms with van der Waals surface area (Å²) in [6.07, 6.45) is 1.96. The van der Waals surface area contributed by atoms with Gasteiger partial charge in [-0.1, -0.05) is 6.92 Å². The predicted octanol–water partition coefficient (Wildman–Crippen LogP) is 1.95. The van der Waals surface area contributed by atoms with Crippen LogP contribution in [0.25, 0.3) is 0 Å². The van der Waals surface area contributed by atoms with E-state index in [-0.39, 0.29) is 5.78 Å². The SMILES string of the molecule is CCc1nn(C)c(CC(=O)CC2CSCCN2)c1Br. The van der Waals surface area contributed by atoms with Gasteiger partial charge in [0.1, 0.15) is 5.78 Å². The van der Waals surface area contributed by atoms with Gasteiger partial charge in [0.2, 0.25) is 0 Å². The van der Waals surface area contributed by atoms with Crippen molar-refractivity contribution in [3.63, 3.8) is 0 Å². The van der Waals surface area contributed by atoms with E-state index in [0.717, 1.165) is 40.3 Å². The van der Waals surface area contributed by atoms with Gasteiger partial charge in [0, 0.05) is 44.0 Å². The monoisotopic (exact) mass is 345 g/mol. The molecule has 1 aliphatic heterocycles. The van der Waals surface area contributed by atoms with Gasteiger partial charge in [0.05, 0.1) is 15.9 Å². The highest BCUT2D eigenvalue weighted by atomic mass is 79.9. The number of rotatable bonds is 5. The Labute approximate surface area is 126 Å². The number of carbonyl (C=O) groups is 1. The first-order chi connectivity index (χ1) is 9.11. The number of thioether (sulfide) groups is 1. The van der Waals surface area contributed by atoms with Crippen LogP contribution in [0.2, 0.25) is 0 Å². The molecule has 0 spiro atoms. The smallest absolute Gasteiger partial charge is 0.140 e. The van der Waals surface area contributed by atoms with Gasteiger partial charge >= 0.3 is 0 Å². The Morgan fingerprint density at radius 2 is 2.42 bits per heavy atom. The first kappa shape index (κ1) is 15.1. The number of carbonyl (C=O) groups excluding carboxylic acids is 1. The van der Waals surface area contributed by atoms with Gasteiger partial charge in [-0.15, -0.1) is 0 Å². The molecule has 0 amide bonds. The highest BCUT2D eigenvalue weighted by Gasteiger charge is 2.20. The number of Topliss-reactive ketones (excluding diaryl/α,β-unsaturated/α-hetero) is 1. The third-order valence-corrected chi connectivity index (χ3v) is 5.39. The fourth-order valence-electron chi connectivity index (χ4n) is 2.30. The van der Waals surface area contributed by atoms with Gasteiger partial charge in [-0.2, -0.15) is 16.9 Å². The van der Waals surface area contributed by atoms with Crippen LogP contribution in [0.5, 0.6) is 0 Å². The second-order valence-electron chi connectivity index (χ2n) is 4.83. The highest BCUT2D eigenvalue weighted by Crippen LogP contribution is 2.23. The van der Waals surface area contributed by atoms with Crippen LogP contribution < -0.4 is 5.32 Å². The third kappa shape index (κ3) is 3.83. The molecule has 1 atom stereocenters. The molecule has 1 saturated heterocycles. The minimum atomic E-state index is 0.284. The third-order valence-electron chi connectivity index (χ3n) is 3.34. The molecule has 2 heterocycles. The Balaban J connectivity index is 1.96. The van der Waals surface area contributed by atoms with E-state index >= 15 is 0 Å². The maximum Gasteiger partial charge on any atom is 0.140 e. The molecule has 1 aromatic heterocycles. The van der Waals surface area contributed by atoms with Gasteiger partial charge in [-0.3, -0.25) is 9.48 Å². The molecule has 0 saturated carbocycles. The Morgan fingerprint density at radius 1 is 1.63 bits per heavy atom. The number of aryl methyl sites for hydroxylation is 2. The normalized spacial score (nSPS) is 19.6. The molecule has 0 aliphatic carbocycles. The lowest BCUT2D eigenvalue weighted by atomic mass is 10.1. The maximum atomic E-state index is 12.2. The largest absolute Gasteiger partial charge is 0.312 e. The van der Waals surface area contributed by atoms with Crippen LogP contribution in [0.15, 0.2) is 4.47 Å². The maximum absolute atomic E-state index is 12.2. The minimum absolute atomic E-state index is 0.284. The second-order valence-corrected chi connectivity index (χ2v) is 6.77. The zero-order valence-corrected chi connectivity index (χ0v) is 13.8. The van der Waals surface area contributed by atoms with E-state index in [1.807, 2.05) is 23.5 Å². The van der Waals surface area contributed by atoms with Crippen molar-refractivity contribution in [2.75, 3.05) is 18.1 Å². The van der Waals surface area contributed by atoms with Crippen molar-refractivity contribution in [1.29, 1.82) is 0 Å². The van der Waals surface area contributed by atoms with Gasteiger partial charge in [0.25, 0.3) is 0 Å². The molecule has 1 aromatic rings. The number of halogens is 1. The molecular weight excluding hydrogens is 326 g/mol. The summed E-state index contributed by atoms with van der Waals surface area (Å²) in [5.41, 5.74) is 2.02. The number of nitrogens with one attached hydrogen (secondary N) is 1. The van der Waals surface area contributed by atoms with Crippen LogP contribution in [0.4, 0.5) is 0 Å². The fourth-order valence-corrected chi connectivity index (χ4v) is 4.00. The van der Waals surface area contributed by atoms with Gasteiger partial charge < -0.3 is 5.32 Å². The molecule has 1 fully saturated rings. The predicted molar refractivity (Wildman–Crippen MR) is 82.7 cm³/mol. The van der Waals surface area contributed by atoms with Crippen LogP contribution in [-0.2, 0) is 24.7 Å². The van der Waals surface area contributed by atoms with Gasteiger partial charge in [0.15, 0.2) is 0 Å². The molecular formula is C13H20BrN3OS. The first-order valence-corrected chi connectivity index (χ1v) is 8.59. The average Bonchev–Trinajstić information content (AvgIpc) is 2.67. The Hall–Kier alpha value is -0.330. The quantitative estimate of drug-likeness (QED) is 0.885. The van der Waals surface area contributed by atoms with Crippen LogP contribution in [-0.4, -0.2) is 39.7 Å². The first-order valence-electron chi connectivity index (χ1n) is 6.64. The molecule has 1 unspecified atom stereocenters. The summed E-state index contributed by atoms with van der Waals surface area (Å²) in [4.78, 5) is 12.2. The Bertz CT molecular complexity index is 455. The summed E-state index contributed by atoms with van der Waals surface area (Å²) in [6, 6.07) is 0.337. The number of nitrogens with zero attached hydrogens (tertiary/aromatic N) is 2. The van der Waals surface area contributed by atoms with E-state index in [9.17, 15) is 4.79 Å². The summed E-state index contributed by atoms with van der Waals surface area (Å²) in [5, 5.41) is 7.83. The minimum Gasteiger partial charge on any atom is -0.312 e. The van der Waals surface area contributed by atoms with Crippen molar-refractivity contribution in [2.24, 2.45) is 7.05 Å². The Morgan fingerprint density at radius 3 is 3.00 bits per heavy atom. The average molecular weight is 346 g/mol. The summed E-state index contributed by atoms with van der Waals surface area (Å²) in [5.74, 6) is 2.47. The van der Waals surface area contributed by atoms with Crippen molar-refractivity contribution >= 4 is 33.5 Å². The molecule has 4 nitrogen and oxygen atoms in total. The molecule has 0 aromatic carbocycles.